The van der Waals surface area contributed by atoms with Crippen molar-refractivity contribution < 1.29 is 9.18 Å². The molecule has 0 saturated heterocycles. The maximum absolute atomic E-state index is 14.0. The second-order valence-electron chi connectivity index (χ2n) is 6.47. The number of hydrogen-bond acceptors (Lipinski definition) is 3. The largest absolute Gasteiger partial charge is 0.385 e. The van der Waals surface area contributed by atoms with E-state index in [9.17, 15) is 9.18 Å². The van der Waals surface area contributed by atoms with Gasteiger partial charge < -0.3 is 16.0 Å². The molecule has 2 aromatic carbocycles. The third kappa shape index (κ3) is 2.50. The Kier molecular flexibility index (Phi) is 3.63. The molecule has 0 aromatic heterocycles. The van der Waals surface area contributed by atoms with Gasteiger partial charge in [0.15, 0.2) is 0 Å². The first-order valence-corrected chi connectivity index (χ1v) is 8.34. The van der Waals surface area contributed by atoms with Gasteiger partial charge in [-0.2, -0.15) is 0 Å². The minimum atomic E-state index is -0.442. The van der Waals surface area contributed by atoms with Crippen LogP contribution >= 0.6 is 0 Å². The highest BCUT2D eigenvalue weighted by Gasteiger charge is 2.30. The van der Waals surface area contributed by atoms with Crippen molar-refractivity contribution in [1.82, 2.24) is 0 Å². The smallest absolute Gasteiger partial charge is 0.247 e. The lowest BCUT2D eigenvalue weighted by Crippen LogP contribution is -2.33. The predicted octanol–water partition coefficient (Wildman–Crippen LogP) is 3.47. The zero-order chi connectivity index (χ0) is 16.7. The summed E-state index contributed by atoms with van der Waals surface area (Å²) in [5, 5.41) is 9.56. The summed E-state index contributed by atoms with van der Waals surface area (Å²) in [6, 6.07) is 8.66. The van der Waals surface area contributed by atoms with Crippen molar-refractivity contribution in [2.24, 2.45) is 0 Å². The van der Waals surface area contributed by atoms with Gasteiger partial charge in [-0.1, -0.05) is 12.1 Å². The molecule has 2 aromatic rings. The standard InChI is InChI=1S/C19H20FN3O/c1-11-7-8-14(20)13-10-17(22-18(11)13)19(24)23-16-6-2-5-15-12(16)4-3-9-21-15/h2,5-8,17,21-22H,3-4,9-10H2,1H3,(H,23,24). The summed E-state index contributed by atoms with van der Waals surface area (Å²) < 4.78 is 14.0. The number of halogens is 1. The van der Waals surface area contributed by atoms with E-state index in [1.807, 2.05) is 25.1 Å². The average Bonchev–Trinajstić information content (AvgIpc) is 3.05. The molecular weight excluding hydrogens is 305 g/mol. The van der Waals surface area contributed by atoms with Crippen LogP contribution in [-0.4, -0.2) is 18.5 Å². The summed E-state index contributed by atoms with van der Waals surface area (Å²) in [5.41, 5.74) is 5.40. The molecule has 1 amide bonds. The van der Waals surface area contributed by atoms with E-state index >= 15 is 0 Å². The molecule has 2 aliphatic rings. The summed E-state index contributed by atoms with van der Waals surface area (Å²) in [6.45, 7) is 2.88. The van der Waals surface area contributed by atoms with Gasteiger partial charge in [0.1, 0.15) is 11.9 Å². The SMILES string of the molecule is Cc1ccc(F)c2c1NC(C(=O)Nc1cccc3c1CCCN3)C2. The quantitative estimate of drug-likeness (QED) is 0.792. The minimum Gasteiger partial charge on any atom is -0.385 e. The molecule has 1 atom stereocenters. The van der Waals surface area contributed by atoms with E-state index in [1.165, 1.54) is 6.07 Å². The Morgan fingerprint density at radius 2 is 2.12 bits per heavy atom. The zero-order valence-corrected chi connectivity index (χ0v) is 13.6. The Balaban J connectivity index is 1.55. The molecule has 4 nitrogen and oxygen atoms in total. The van der Waals surface area contributed by atoms with E-state index < -0.39 is 6.04 Å². The van der Waals surface area contributed by atoms with E-state index in [-0.39, 0.29) is 11.7 Å². The van der Waals surface area contributed by atoms with Crippen LogP contribution in [0.1, 0.15) is 23.1 Å². The Bertz CT molecular complexity index is 787. The molecule has 0 spiro atoms. The monoisotopic (exact) mass is 325 g/mol. The fourth-order valence-corrected chi connectivity index (χ4v) is 3.57. The van der Waals surface area contributed by atoms with Crippen LogP contribution in [0.2, 0.25) is 0 Å². The number of rotatable bonds is 2. The number of fused-ring (bicyclic) bond motifs is 2. The summed E-state index contributed by atoms with van der Waals surface area (Å²) >= 11 is 0. The second-order valence-corrected chi connectivity index (χ2v) is 6.47. The first kappa shape index (κ1) is 15.0. The molecule has 3 N–H and O–H groups in total. The van der Waals surface area contributed by atoms with Crippen molar-refractivity contribution in [2.45, 2.75) is 32.2 Å². The molecule has 2 aliphatic heterocycles. The van der Waals surface area contributed by atoms with Gasteiger partial charge in [-0.25, -0.2) is 4.39 Å². The lowest BCUT2D eigenvalue weighted by Gasteiger charge is -2.22. The van der Waals surface area contributed by atoms with Crippen LogP contribution in [0.15, 0.2) is 30.3 Å². The van der Waals surface area contributed by atoms with Crippen molar-refractivity contribution in [3.63, 3.8) is 0 Å². The highest BCUT2D eigenvalue weighted by molar-refractivity contribution is 5.99. The number of carbonyl (C=O) groups excluding carboxylic acids is 1. The minimum absolute atomic E-state index is 0.121. The maximum atomic E-state index is 14.0. The summed E-state index contributed by atoms with van der Waals surface area (Å²) in [4.78, 5) is 12.7. The van der Waals surface area contributed by atoms with Gasteiger partial charge in [-0.15, -0.1) is 0 Å². The third-order valence-corrected chi connectivity index (χ3v) is 4.86. The van der Waals surface area contributed by atoms with Crippen LogP contribution in [-0.2, 0) is 17.6 Å². The van der Waals surface area contributed by atoms with Gasteiger partial charge in [0.05, 0.1) is 0 Å². The molecule has 24 heavy (non-hydrogen) atoms. The normalized spacial score (nSPS) is 18.2. The van der Waals surface area contributed by atoms with E-state index in [0.29, 0.717) is 12.0 Å². The highest BCUT2D eigenvalue weighted by atomic mass is 19.1. The topological polar surface area (TPSA) is 53.2 Å². The van der Waals surface area contributed by atoms with Crippen molar-refractivity contribution in [2.75, 3.05) is 22.5 Å². The van der Waals surface area contributed by atoms with Crippen molar-refractivity contribution in [3.05, 3.63) is 52.8 Å². The van der Waals surface area contributed by atoms with Crippen LogP contribution in [0.4, 0.5) is 21.5 Å². The molecule has 1 unspecified atom stereocenters. The molecule has 4 rings (SSSR count). The van der Waals surface area contributed by atoms with E-state index in [0.717, 1.165) is 47.6 Å². The van der Waals surface area contributed by atoms with Crippen molar-refractivity contribution >= 4 is 23.0 Å². The van der Waals surface area contributed by atoms with Gasteiger partial charge in [-0.05, 0) is 49.1 Å². The number of nitrogens with one attached hydrogen (secondary N) is 3. The first-order valence-electron chi connectivity index (χ1n) is 8.34. The van der Waals surface area contributed by atoms with Crippen LogP contribution < -0.4 is 16.0 Å². The second kappa shape index (κ2) is 5.82. The van der Waals surface area contributed by atoms with E-state index in [1.54, 1.807) is 6.07 Å². The number of anilines is 3. The van der Waals surface area contributed by atoms with Crippen LogP contribution in [0, 0.1) is 12.7 Å². The number of amides is 1. The lowest BCUT2D eigenvalue weighted by molar-refractivity contribution is -0.116. The van der Waals surface area contributed by atoms with Gasteiger partial charge in [0, 0.05) is 35.6 Å². The number of hydrogen-bond donors (Lipinski definition) is 3. The maximum Gasteiger partial charge on any atom is 0.247 e. The predicted molar refractivity (Wildman–Crippen MR) is 94.1 cm³/mol. The third-order valence-electron chi connectivity index (χ3n) is 4.86. The summed E-state index contributed by atoms with van der Waals surface area (Å²) in [6.07, 6.45) is 2.38. The van der Waals surface area contributed by atoms with Crippen LogP contribution in [0.25, 0.3) is 0 Å². The summed E-state index contributed by atoms with van der Waals surface area (Å²) in [5.74, 6) is -0.372. The van der Waals surface area contributed by atoms with Gasteiger partial charge in [-0.3, -0.25) is 4.79 Å². The highest BCUT2D eigenvalue weighted by Crippen LogP contribution is 2.33. The number of carbonyl (C=O) groups is 1. The Morgan fingerprint density at radius 3 is 2.96 bits per heavy atom. The van der Waals surface area contributed by atoms with E-state index in [2.05, 4.69) is 16.0 Å². The molecular formula is C19H20FN3O. The van der Waals surface area contributed by atoms with E-state index in [4.69, 9.17) is 0 Å². The lowest BCUT2D eigenvalue weighted by atomic mass is 10.0. The molecule has 0 radical (unpaired) electrons. The molecule has 5 heteroatoms. The fourth-order valence-electron chi connectivity index (χ4n) is 3.57. The molecule has 0 fully saturated rings. The van der Waals surface area contributed by atoms with Gasteiger partial charge in [0.25, 0.3) is 0 Å². The fraction of sp³-hybridized carbons (Fsp3) is 0.316. The molecule has 0 bridgehead atoms. The Morgan fingerprint density at radius 1 is 1.25 bits per heavy atom. The zero-order valence-electron chi connectivity index (χ0n) is 13.6. The van der Waals surface area contributed by atoms with Crippen LogP contribution in [0.5, 0.6) is 0 Å². The van der Waals surface area contributed by atoms with Gasteiger partial charge >= 0.3 is 0 Å². The van der Waals surface area contributed by atoms with Crippen molar-refractivity contribution in [3.8, 4) is 0 Å². The number of aryl methyl sites for hydroxylation is 1. The Hall–Kier alpha value is -2.56. The molecule has 124 valence electrons. The van der Waals surface area contributed by atoms with Crippen LogP contribution in [0.3, 0.4) is 0 Å². The first-order chi connectivity index (χ1) is 11.6. The molecule has 0 aliphatic carbocycles. The Labute approximate surface area is 140 Å². The average molecular weight is 325 g/mol. The number of benzene rings is 2. The summed E-state index contributed by atoms with van der Waals surface area (Å²) in [7, 11) is 0. The molecule has 2 heterocycles. The van der Waals surface area contributed by atoms with Crippen molar-refractivity contribution in [1.29, 1.82) is 0 Å². The van der Waals surface area contributed by atoms with Gasteiger partial charge in [0.2, 0.25) is 5.91 Å². The molecule has 0 saturated carbocycles.